The fourth-order valence-electron chi connectivity index (χ4n) is 0.200. The Morgan fingerprint density at radius 3 is 1.90 bits per heavy atom. The van der Waals surface area contributed by atoms with Gasteiger partial charge in [-0.15, -0.1) is 0 Å². The molecular weight excluding hydrogens is 170 g/mol. The van der Waals surface area contributed by atoms with E-state index in [9.17, 15) is 0 Å². The highest BCUT2D eigenvalue weighted by Gasteiger charge is 1.80. The number of thiol groups is 1. The zero-order valence-corrected chi connectivity index (χ0v) is 7.82. The lowest BCUT2D eigenvalue weighted by molar-refractivity contribution is 0.243. The number of hydrogen-bond acceptors (Lipinski definition) is 3. The van der Waals surface area contributed by atoms with Crippen LogP contribution in [0.1, 0.15) is 0 Å². The Balaban J connectivity index is 0. The van der Waals surface area contributed by atoms with Crippen molar-refractivity contribution in [3.8, 4) is 0 Å². The Morgan fingerprint density at radius 1 is 1.60 bits per heavy atom. The molecule has 0 unspecified atom stereocenters. The summed E-state index contributed by atoms with van der Waals surface area (Å²) < 4.78 is -0.306. The minimum absolute atomic E-state index is 0.257. The minimum atomic E-state index is -0.306. The van der Waals surface area contributed by atoms with Crippen molar-refractivity contribution in [2.45, 2.75) is 0 Å². The molecule has 0 aliphatic heterocycles. The lowest BCUT2D eigenvalue weighted by atomic mass is 10.6. The van der Waals surface area contributed by atoms with Crippen LogP contribution in [-0.4, -0.2) is 46.7 Å². The first-order chi connectivity index (χ1) is 4.50. The third-order valence-electron chi connectivity index (χ3n) is 0.547. The molecule has 0 saturated heterocycles. The van der Waals surface area contributed by atoms with Gasteiger partial charge in [-0.2, -0.15) is 0 Å². The first kappa shape index (κ1) is 12.8. The zero-order valence-electron chi connectivity index (χ0n) is 6.11. The molecule has 0 heterocycles. The first-order valence-electron chi connectivity index (χ1n) is 2.68. The van der Waals surface area contributed by atoms with Crippen LogP contribution < -0.4 is 0 Å². The van der Waals surface area contributed by atoms with Crippen molar-refractivity contribution < 1.29 is 10.2 Å². The van der Waals surface area contributed by atoms with Crippen molar-refractivity contribution in [3.63, 3.8) is 0 Å². The molecule has 62 valence electrons. The summed E-state index contributed by atoms with van der Waals surface area (Å²) in [5.41, 5.74) is 0. The predicted molar refractivity (Wildman–Crippen MR) is 49.9 cm³/mol. The van der Waals surface area contributed by atoms with Gasteiger partial charge in [0.2, 0.25) is 4.38 Å². The third-order valence-corrected chi connectivity index (χ3v) is 0.547. The number of likely N-dealkylation sites (N-methyl/N-ethyl adjacent to an activating group) is 1. The van der Waals surface area contributed by atoms with Crippen LogP contribution in [-0.2, 0) is 0 Å². The summed E-state index contributed by atoms with van der Waals surface area (Å²) in [7, 11) is 3.85. The molecular formula is C5H13NO2S2. The first-order valence-corrected chi connectivity index (χ1v) is 3.53. The topological polar surface area (TPSA) is 43.7 Å². The lowest BCUT2D eigenvalue weighted by Gasteiger charge is -2.03. The van der Waals surface area contributed by atoms with E-state index in [2.05, 4.69) is 24.8 Å². The molecule has 5 heteroatoms. The van der Waals surface area contributed by atoms with E-state index in [0.29, 0.717) is 0 Å². The second-order valence-electron chi connectivity index (χ2n) is 1.81. The number of nitrogens with zero attached hydrogens (tertiary/aromatic N) is 1. The van der Waals surface area contributed by atoms with Crippen molar-refractivity contribution in [1.29, 1.82) is 0 Å². The molecule has 0 fully saturated rings. The van der Waals surface area contributed by atoms with Gasteiger partial charge < -0.3 is 15.1 Å². The number of thiocarbonyl (C=S) groups is 1. The van der Waals surface area contributed by atoms with Gasteiger partial charge in [0.25, 0.3) is 0 Å². The van der Waals surface area contributed by atoms with Crippen molar-refractivity contribution in [2.24, 2.45) is 0 Å². The van der Waals surface area contributed by atoms with Crippen LogP contribution in [0.25, 0.3) is 0 Å². The van der Waals surface area contributed by atoms with Gasteiger partial charge in [-0.25, -0.2) is 0 Å². The van der Waals surface area contributed by atoms with Gasteiger partial charge in [0.15, 0.2) is 0 Å². The van der Waals surface area contributed by atoms with Crippen molar-refractivity contribution in [2.75, 3.05) is 27.2 Å². The van der Waals surface area contributed by atoms with Gasteiger partial charge in [-0.05, 0) is 26.3 Å². The summed E-state index contributed by atoms with van der Waals surface area (Å²) in [4.78, 5) is 1.93. The van der Waals surface area contributed by atoms with Gasteiger partial charge in [0.05, 0.1) is 6.61 Å². The fourth-order valence-corrected chi connectivity index (χ4v) is 0.200. The summed E-state index contributed by atoms with van der Waals surface area (Å²) in [5.74, 6) is 0. The van der Waals surface area contributed by atoms with E-state index in [1.165, 1.54) is 0 Å². The highest BCUT2D eigenvalue weighted by Crippen LogP contribution is 1.68. The van der Waals surface area contributed by atoms with E-state index in [4.69, 9.17) is 10.2 Å². The zero-order chi connectivity index (χ0) is 8.57. The van der Waals surface area contributed by atoms with Crippen LogP contribution in [0.4, 0.5) is 0 Å². The maximum Gasteiger partial charge on any atom is 0.214 e. The number of rotatable bonds is 2. The SMILES string of the molecule is CN(C)CCO.OC(=S)S. The van der Waals surface area contributed by atoms with E-state index < -0.39 is 0 Å². The van der Waals surface area contributed by atoms with E-state index >= 15 is 0 Å². The number of aliphatic hydroxyl groups excluding tert-OH is 2. The van der Waals surface area contributed by atoms with Crippen LogP contribution in [0.15, 0.2) is 0 Å². The average molecular weight is 183 g/mol. The average Bonchev–Trinajstić information content (AvgIpc) is 1.62. The van der Waals surface area contributed by atoms with Crippen molar-refractivity contribution in [3.05, 3.63) is 0 Å². The molecule has 0 radical (unpaired) electrons. The number of hydrogen-bond donors (Lipinski definition) is 3. The largest absolute Gasteiger partial charge is 0.494 e. The lowest BCUT2D eigenvalue weighted by Crippen LogP contribution is -2.15. The van der Waals surface area contributed by atoms with Gasteiger partial charge in [0, 0.05) is 6.54 Å². The van der Waals surface area contributed by atoms with Crippen LogP contribution in [0, 0.1) is 0 Å². The molecule has 0 aromatic rings. The van der Waals surface area contributed by atoms with Crippen molar-refractivity contribution in [1.82, 2.24) is 4.90 Å². The molecule has 0 aromatic heterocycles. The molecule has 0 atom stereocenters. The summed E-state index contributed by atoms with van der Waals surface area (Å²) >= 11 is 7.21. The Bertz CT molecular complexity index is 83.7. The maximum atomic E-state index is 8.20. The second kappa shape index (κ2) is 9.16. The van der Waals surface area contributed by atoms with Gasteiger partial charge >= 0.3 is 0 Å². The Morgan fingerprint density at radius 2 is 1.90 bits per heavy atom. The Labute approximate surface area is 72.1 Å². The van der Waals surface area contributed by atoms with Gasteiger partial charge in [0.1, 0.15) is 0 Å². The van der Waals surface area contributed by atoms with E-state index in [-0.39, 0.29) is 11.0 Å². The summed E-state index contributed by atoms with van der Waals surface area (Å²) in [5, 5.41) is 15.8. The fraction of sp³-hybridized carbons (Fsp3) is 0.800. The normalized spacial score (nSPS) is 8.50. The molecule has 10 heavy (non-hydrogen) atoms. The summed E-state index contributed by atoms with van der Waals surface area (Å²) in [6, 6.07) is 0. The molecule has 2 N–H and O–H groups in total. The standard InChI is InChI=1S/C4H11NO.CH2OS2/c1-5(2)3-4-6;2-1(3)4/h6H,3-4H2,1-2H3;(H2,2,3,4). The van der Waals surface area contributed by atoms with E-state index in [0.717, 1.165) is 6.54 Å². The molecule has 3 nitrogen and oxygen atoms in total. The van der Waals surface area contributed by atoms with Crippen LogP contribution in [0.2, 0.25) is 0 Å². The predicted octanol–water partition coefficient (Wildman–Crippen LogP) is 0.299. The quantitative estimate of drug-likeness (QED) is 0.425. The molecule has 0 amide bonds. The van der Waals surface area contributed by atoms with Crippen LogP contribution in [0.5, 0.6) is 0 Å². The molecule has 0 rings (SSSR count). The second-order valence-corrected chi connectivity index (χ2v) is 2.92. The highest BCUT2D eigenvalue weighted by atomic mass is 32.1. The van der Waals surface area contributed by atoms with E-state index in [1.54, 1.807) is 0 Å². The molecule has 0 aliphatic carbocycles. The van der Waals surface area contributed by atoms with Crippen LogP contribution >= 0.6 is 24.8 Å². The van der Waals surface area contributed by atoms with Crippen LogP contribution in [0.3, 0.4) is 0 Å². The number of aliphatic hydroxyl groups is 2. The molecule has 0 aromatic carbocycles. The summed E-state index contributed by atoms with van der Waals surface area (Å²) in [6.45, 7) is 1.02. The maximum absolute atomic E-state index is 8.20. The molecule has 0 aliphatic rings. The third kappa shape index (κ3) is 41.9. The molecule has 0 spiro atoms. The van der Waals surface area contributed by atoms with Crippen molar-refractivity contribution >= 4 is 29.2 Å². The van der Waals surface area contributed by atoms with Gasteiger partial charge in [-0.1, -0.05) is 12.6 Å². The minimum Gasteiger partial charge on any atom is -0.494 e. The summed E-state index contributed by atoms with van der Waals surface area (Å²) in [6.07, 6.45) is 0. The molecule has 0 saturated carbocycles. The highest BCUT2D eigenvalue weighted by molar-refractivity contribution is 8.10. The Hall–Kier alpha value is 0.160. The monoisotopic (exact) mass is 183 g/mol. The molecule has 0 bridgehead atoms. The smallest absolute Gasteiger partial charge is 0.214 e. The Kier molecular flexibility index (Phi) is 11.7. The van der Waals surface area contributed by atoms with E-state index in [1.807, 2.05) is 19.0 Å². The van der Waals surface area contributed by atoms with Gasteiger partial charge in [-0.3, -0.25) is 0 Å².